The average Bonchev–Trinajstić information content (AvgIpc) is 2.62. The molecule has 0 saturated carbocycles. The van der Waals surface area contributed by atoms with Crippen LogP contribution in [0.15, 0.2) is 53.7 Å². The van der Waals surface area contributed by atoms with Crippen molar-refractivity contribution in [2.24, 2.45) is 5.11 Å². The maximum atomic E-state index is 12.2. The molecule has 0 spiro atoms. The number of hydrogen-bond acceptors (Lipinski definition) is 8. The van der Waals surface area contributed by atoms with Gasteiger partial charge in [-0.2, -0.15) is 23.9 Å². The van der Waals surface area contributed by atoms with E-state index in [-0.39, 0.29) is 24.1 Å². The summed E-state index contributed by atoms with van der Waals surface area (Å²) in [7, 11) is 1.49. The lowest BCUT2D eigenvalue weighted by molar-refractivity contribution is -0.0498. The zero-order chi connectivity index (χ0) is 18.1. The van der Waals surface area contributed by atoms with Crippen LogP contribution in [0.25, 0.3) is 0 Å². The Morgan fingerprint density at radius 3 is 2.72 bits per heavy atom. The second kappa shape index (κ2) is 9.11. The number of benzene rings is 1. The number of alkyl halides is 2. The van der Waals surface area contributed by atoms with Crippen LogP contribution in [-0.4, -0.2) is 30.3 Å². The molecule has 0 aliphatic rings. The van der Waals surface area contributed by atoms with Gasteiger partial charge in [-0.1, -0.05) is 6.07 Å². The molecule has 0 amide bonds. The molecule has 25 heavy (non-hydrogen) atoms. The maximum Gasteiger partial charge on any atom is 0.387 e. The van der Waals surface area contributed by atoms with Gasteiger partial charge in [0.25, 0.3) is 0 Å². The molecular formula is C15H15F2N5O3. The van der Waals surface area contributed by atoms with E-state index >= 15 is 0 Å². The van der Waals surface area contributed by atoms with Crippen LogP contribution in [0.4, 0.5) is 14.5 Å². The molecule has 132 valence electrons. The highest BCUT2D eigenvalue weighted by atomic mass is 19.3. The summed E-state index contributed by atoms with van der Waals surface area (Å²) >= 11 is 0. The third-order valence-electron chi connectivity index (χ3n) is 2.80. The zero-order valence-corrected chi connectivity index (χ0v) is 13.1. The van der Waals surface area contributed by atoms with Gasteiger partial charge in [-0.3, -0.25) is 0 Å². The van der Waals surface area contributed by atoms with Gasteiger partial charge in [0, 0.05) is 18.0 Å². The van der Waals surface area contributed by atoms with Crippen molar-refractivity contribution in [2.75, 3.05) is 19.0 Å². The van der Waals surface area contributed by atoms with Gasteiger partial charge >= 0.3 is 12.6 Å². The van der Waals surface area contributed by atoms with Crippen molar-refractivity contribution in [2.45, 2.75) is 6.61 Å². The van der Waals surface area contributed by atoms with Gasteiger partial charge in [0.05, 0.1) is 19.5 Å². The summed E-state index contributed by atoms with van der Waals surface area (Å²) in [6.07, 6.45) is 4.28. The van der Waals surface area contributed by atoms with Crippen LogP contribution in [0.1, 0.15) is 0 Å². The standard InChI is InChI=1S/C15H15F2N5O3/c1-23-13-7-20-15(21-8-13)24-9-11(22-18)6-19-10-3-2-4-12(5-10)25-14(16)17/h2-8,14,18-19H,9H2,1H3/b11-6-,22-18?. The predicted molar refractivity (Wildman–Crippen MR) is 84.0 cm³/mol. The largest absolute Gasteiger partial charge is 0.494 e. The van der Waals surface area contributed by atoms with Crippen LogP contribution >= 0.6 is 0 Å². The third-order valence-corrected chi connectivity index (χ3v) is 2.80. The van der Waals surface area contributed by atoms with Crippen molar-refractivity contribution in [3.8, 4) is 17.5 Å². The highest BCUT2D eigenvalue weighted by molar-refractivity contribution is 5.50. The maximum absolute atomic E-state index is 12.2. The molecule has 1 aromatic carbocycles. The minimum Gasteiger partial charge on any atom is -0.494 e. The Hall–Kier alpha value is -3.30. The Morgan fingerprint density at radius 1 is 1.32 bits per heavy atom. The van der Waals surface area contributed by atoms with Gasteiger partial charge in [0.15, 0.2) is 5.75 Å². The summed E-state index contributed by atoms with van der Waals surface area (Å²) in [6, 6.07) is 6.08. The smallest absolute Gasteiger partial charge is 0.387 e. The number of halogens is 2. The monoisotopic (exact) mass is 351 g/mol. The van der Waals surface area contributed by atoms with E-state index in [4.69, 9.17) is 15.0 Å². The van der Waals surface area contributed by atoms with Crippen molar-refractivity contribution in [3.63, 3.8) is 0 Å². The molecule has 1 heterocycles. The second-order valence-electron chi connectivity index (χ2n) is 4.49. The molecule has 0 aliphatic heterocycles. The first kappa shape index (κ1) is 18.0. The quantitative estimate of drug-likeness (QED) is 0.671. The van der Waals surface area contributed by atoms with Crippen molar-refractivity contribution < 1.29 is 23.0 Å². The number of nitrogens with zero attached hydrogens (tertiary/aromatic N) is 3. The molecule has 0 saturated heterocycles. The van der Waals surface area contributed by atoms with Crippen LogP contribution in [-0.2, 0) is 0 Å². The lowest BCUT2D eigenvalue weighted by Crippen LogP contribution is -2.05. The van der Waals surface area contributed by atoms with Crippen molar-refractivity contribution in [3.05, 3.63) is 48.6 Å². The fourth-order valence-electron chi connectivity index (χ4n) is 1.66. The predicted octanol–water partition coefficient (Wildman–Crippen LogP) is 3.45. The summed E-state index contributed by atoms with van der Waals surface area (Å²) in [5, 5.41) is 6.14. The molecule has 2 aromatic rings. The number of nitrogens with one attached hydrogen (secondary N) is 2. The lowest BCUT2D eigenvalue weighted by Gasteiger charge is -2.08. The first-order valence-electron chi connectivity index (χ1n) is 6.97. The number of aromatic nitrogens is 2. The van der Waals surface area contributed by atoms with Gasteiger partial charge in [-0.15, -0.1) is 0 Å². The van der Waals surface area contributed by atoms with E-state index in [0.29, 0.717) is 11.4 Å². The van der Waals surface area contributed by atoms with Gasteiger partial charge in [0.2, 0.25) is 0 Å². The molecule has 0 atom stereocenters. The minimum absolute atomic E-state index is 0.0145. The molecule has 10 heteroatoms. The third kappa shape index (κ3) is 6.01. The van der Waals surface area contributed by atoms with E-state index < -0.39 is 6.61 Å². The highest BCUT2D eigenvalue weighted by Gasteiger charge is 2.05. The molecule has 0 radical (unpaired) electrons. The Kier molecular flexibility index (Phi) is 6.57. The Labute approximate surface area is 142 Å². The van der Waals surface area contributed by atoms with Crippen LogP contribution in [0.3, 0.4) is 0 Å². The van der Waals surface area contributed by atoms with Gasteiger partial charge in [-0.25, -0.2) is 5.53 Å². The summed E-state index contributed by atoms with van der Waals surface area (Å²) in [5.41, 5.74) is 7.86. The fraction of sp³-hybridized carbons (Fsp3) is 0.200. The Balaban J connectivity index is 1.94. The average molecular weight is 351 g/mol. The van der Waals surface area contributed by atoms with Gasteiger partial charge < -0.3 is 19.5 Å². The lowest BCUT2D eigenvalue weighted by atomic mass is 10.3. The van der Waals surface area contributed by atoms with E-state index in [1.165, 1.54) is 37.8 Å². The Morgan fingerprint density at radius 2 is 2.08 bits per heavy atom. The van der Waals surface area contributed by atoms with E-state index in [2.05, 4.69) is 25.1 Å². The fourth-order valence-corrected chi connectivity index (χ4v) is 1.66. The van der Waals surface area contributed by atoms with Gasteiger partial charge in [-0.05, 0) is 12.1 Å². The molecule has 0 fully saturated rings. The molecule has 2 N–H and O–H groups in total. The number of methoxy groups -OCH3 is 1. The summed E-state index contributed by atoms with van der Waals surface area (Å²) in [4.78, 5) is 7.83. The molecule has 8 nitrogen and oxygen atoms in total. The molecule has 0 bridgehead atoms. The van der Waals surface area contributed by atoms with Crippen molar-refractivity contribution in [1.29, 1.82) is 5.53 Å². The van der Waals surface area contributed by atoms with Crippen molar-refractivity contribution in [1.82, 2.24) is 9.97 Å². The number of ether oxygens (including phenoxy) is 3. The molecule has 0 unspecified atom stereocenters. The van der Waals surface area contributed by atoms with Crippen LogP contribution in [0, 0.1) is 5.53 Å². The second-order valence-corrected chi connectivity index (χ2v) is 4.49. The first-order chi connectivity index (χ1) is 12.1. The van der Waals surface area contributed by atoms with Crippen LogP contribution < -0.4 is 19.5 Å². The summed E-state index contributed by atoms with van der Waals surface area (Å²) in [6.45, 7) is -2.96. The van der Waals surface area contributed by atoms with Crippen LogP contribution in [0.2, 0.25) is 0 Å². The molecule has 1 aromatic heterocycles. The zero-order valence-electron chi connectivity index (χ0n) is 13.1. The number of hydrogen-bond donors (Lipinski definition) is 2. The SMILES string of the molecule is COc1cnc(OC/C(=C/Nc2cccc(OC(F)F)c2)N=N)nc1. The van der Waals surface area contributed by atoms with Gasteiger partial charge in [0.1, 0.15) is 18.1 Å². The summed E-state index contributed by atoms with van der Waals surface area (Å²) in [5.74, 6) is 0.501. The number of anilines is 1. The topological polar surface area (TPSA) is 102 Å². The van der Waals surface area contributed by atoms with E-state index in [9.17, 15) is 8.78 Å². The van der Waals surface area contributed by atoms with E-state index in [1.807, 2.05) is 0 Å². The summed E-state index contributed by atoms with van der Waals surface area (Å²) < 4.78 is 38.9. The van der Waals surface area contributed by atoms with Crippen LogP contribution in [0.5, 0.6) is 17.5 Å². The molecule has 2 rings (SSSR count). The number of rotatable bonds is 9. The molecule has 0 aliphatic carbocycles. The normalized spacial score (nSPS) is 11.1. The van der Waals surface area contributed by atoms with Crippen molar-refractivity contribution >= 4 is 5.69 Å². The minimum atomic E-state index is -2.90. The molecular weight excluding hydrogens is 336 g/mol. The van der Waals surface area contributed by atoms with E-state index in [0.717, 1.165) is 0 Å². The van der Waals surface area contributed by atoms with E-state index in [1.54, 1.807) is 12.1 Å². The Bertz CT molecular complexity index is 725. The highest BCUT2D eigenvalue weighted by Crippen LogP contribution is 2.19. The first-order valence-corrected chi connectivity index (χ1v) is 6.97.